The van der Waals surface area contributed by atoms with Crippen LogP contribution in [0.1, 0.15) is 32.1 Å². The molecule has 3 heterocycles. The zero-order valence-electron chi connectivity index (χ0n) is 14.6. The lowest BCUT2D eigenvalue weighted by Crippen LogP contribution is -2.46. The number of aromatic nitrogens is 2. The molecule has 2 unspecified atom stereocenters. The van der Waals surface area contributed by atoms with E-state index in [0.29, 0.717) is 30.6 Å². The maximum Gasteiger partial charge on any atom is 0.313 e. The summed E-state index contributed by atoms with van der Waals surface area (Å²) in [7, 11) is 0. The minimum Gasteiger partial charge on any atom is -0.334 e. The zero-order chi connectivity index (χ0) is 17.2. The summed E-state index contributed by atoms with van der Waals surface area (Å²) in [5.74, 6) is 0.920. The highest BCUT2D eigenvalue weighted by Gasteiger charge is 2.33. The van der Waals surface area contributed by atoms with E-state index in [0.717, 1.165) is 38.4 Å². The maximum absolute atomic E-state index is 12.5. The van der Waals surface area contributed by atoms with Gasteiger partial charge in [-0.1, -0.05) is 0 Å². The Morgan fingerprint density at radius 3 is 2.88 bits per heavy atom. The first kappa shape index (κ1) is 16.6. The lowest BCUT2D eigenvalue weighted by atomic mass is 9.85. The fourth-order valence-electron chi connectivity index (χ4n) is 4.08. The molecule has 3 fully saturated rings. The molecule has 2 N–H and O–H groups in total. The minimum atomic E-state index is -0.545. The second kappa shape index (κ2) is 7.15. The van der Waals surface area contributed by atoms with E-state index < -0.39 is 11.8 Å². The highest BCUT2D eigenvalue weighted by Crippen LogP contribution is 2.30. The van der Waals surface area contributed by atoms with Gasteiger partial charge in [-0.25, -0.2) is 0 Å². The van der Waals surface area contributed by atoms with Crippen LogP contribution in [0.3, 0.4) is 0 Å². The molecule has 3 aliphatic rings. The molecule has 0 spiro atoms. The molecule has 0 bridgehead atoms. The van der Waals surface area contributed by atoms with Gasteiger partial charge in [-0.05, 0) is 62.9 Å². The highest BCUT2D eigenvalue weighted by atomic mass is 16.2. The quantitative estimate of drug-likeness (QED) is 0.801. The SMILES string of the molecule is O=C(Nc1cnn(CC2CC2)c1)C(=O)N1CCCC(C2CCNC2)C1. The van der Waals surface area contributed by atoms with Crippen LogP contribution in [-0.4, -0.2) is 52.7 Å². The Labute approximate surface area is 148 Å². The van der Waals surface area contributed by atoms with Crippen LogP contribution in [0.15, 0.2) is 12.4 Å². The number of amides is 2. The lowest BCUT2D eigenvalue weighted by molar-refractivity contribution is -0.144. The molecular weight excluding hydrogens is 318 g/mol. The van der Waals surface area contributed by atoms with Crippen molar-refractivity contribution >= 4 is 17.5 Å². The topological polar surface area (TPSA) is 79.3 Å². The fraction of sp³-hybridized carbons (Fsp3) is 0.722. The lowest BCUT2D eigenvalue weighted by Gasteiger charge is -2.35. The first-order valence-corrected chi connectivity index (χ1v) is 9.52. The van der Waals surface area contributed by atoms with Gasteiger partial charge in [0.2, 0.25) is 0 Å². The average Bonchev–Trinajstić information content (AvgIpc) is 3.10. The molecule has 7 heteroatoms. The van der Waals surface area contributed by atoms with E-state index in [1.54, 1.807) is 11.1 Å². The van der Waals surface area contributed by atoms with E-state index >= 15 is 0 Å². The number of hydrogen-bond acceptors (Lipinski definition) is 4. The number of nitrogens with one attached hydrogen (secondary N) is 2. The normalized spacial score (nSPS) is 26.6. The molecule has 1 aliphatic carbocycles. The Kier molecular flexibility index (Phi) is 4.74. The summed E-state index contributed by atoms with van der Waals surface area (Å²) in [4.78, 5) is 26.6. The Bertz CT molecular complexity index is 633. The van der Waals surface area contributed by atoms with Crippen LogP contribution < -0.4 is 10.6 Å². The molecule has 2 aliphatic heterocycles. The van der Waals surface area contributed by atoms with Gasteiger partial charge in [0.05, 0.1) is 11.9 Å². The van der Waals surface area contributed by atoms with Crippen molar-refractivity contribution in [3.63, 3.8) is 0 Å². The molecule has 136 valence electrons. The van der Waals surface area contributed by atoms with Crippen LogP contribution in [0.5, 0.6) is 0 Å². The largest absolute Gasteiger partial charge is 0.334 e. The number of nitrogens with zero attached hydrogens (tertiary/aromatic N) is 3. The number of rotatable bonds is 4. The van der Waals surface area contributed by atoms with E-state index in [1.807, 2.05) is 10.9 Å². The maximum atomic E-state index is 12.5. The summed E-state index contributed by atoms with van der Waals surface area (Å²) in [6.07, 6.45) is 9.27. The van der Waals surface area contributed by atoms with Gasteiger partial charge in [-0.2, -0.15) is 5.10 Å². The smallest absolute Gasteiger partial charge is 0.313 e. The van der Waals surface area contributed by atoms with Crippen LogP contribution in [0.25, 0.3) is 0 Å². The number of carbonyl (C=O) groups excluding carboxylic acids is 2. The Hall–Kier alpha value is -1.89. The van der Waals surface area contributed by atoms with Gasteiger partial charge in [0.1, 0.15) is 0 Å². The Balaban J connectivity index is 1.31. The summed E-state index contributed by atoms with van der Waals surface area (Å²) >= 11 is 0. The fourth-order valence-corrected chi connectivity index (χ4v) is 4.08. The van der Waals surface area contributed by atoms with E-state index in [2.05, 4.69) is 15.7 Å². The van der Waals surface area contributed by atoms with Crippen LogP contribution in [0, 0.1) is 17.8 Å². The van der Waals surface area contributed by atoms with Crippen molar-refractivity contribution in [2.75, 3.05) is 31.5 Å². The minimum absolute atomic E-state index is 0.411. The second-order valence-corrected chi connectivity index (χ2v) is 7.75. The third-order valence-corrected chi connectivity index (χ3v) is 5.74. The van der Waals surface area contributed by atoms with Gasteiger partial charge >= 0.3 is 11.8 Å². The van der Waals surface area contributed by atoms with Crippen LogP contribution in [0.2, 0.25) is 0 Å². The summed E-state index contributed by atoms with van der Waals surface area (Å²) < 4.78 is 1.85. The number of anilines is 1. The van der Waals surface area contributed by atoms with Crippen LogP contribution in [-0.2, 0) is 16.1 Å². The molecule has 1 aromatic heterocycles. The van der Waals surface area contributed by atoms with Crippen molar-refractivity contribution in [3.05, 3.63) is 12.4 Å². The molecule has 1 aromatic rings. The van der Waals surface area contributed by atoms with Crippen molar-refractivity contribution in [1.82, 2.24) is 20.0 Å². The number of hydrogen-bond donors (Lipinski definition) is 2. The van der Waals surface area contributed by atoms with E-state index in [9.17, 15) is 9.59 Å². The van der Waals surface area contributed by atoms with Crippen molar-refractivity contribution in [2.24, 2.45) is 17.8 Å². The van der Waals surface area contributed by atoms with Crippen molar-refractivity contribution in [1.29, 1.82) is 0 Å². The van der Waals surface area contributed by atoms with Crippen LogP contribution >= 0.6 is 0 Å². The van der Waals surface area contributed by atoms with Crippen LogP contribution in [0.4, 0.5) is 5.69 Å². The highest BCUT2D eigenvalue weighted by molar-refractivity contribution is 6.39. The summed E-state index contributed by atoms with van der Waals surface area (Å²) in [5, 5.41) is 10.4. The second-order valence-electron chi connectivity index (χ2n) is 7.75. The van der Waals surface area contributed by atoms with Gasteiger partial charge in [-0.15, -0.1) is 0 Å². The van der Waals surface area contributed by atoms with E-state index in [4.69, 9.17) is 0 Å². The van der Waals surface area contributed by atoms with Crippen molar-refractivity contribution in [3.8, 4) is 0 Å². The first-order chi connectivity index (χ1) is 12.2. The molecule has 2 amide bonds. The Morgan fingerprint density at radius 1 is 1.24 bits per heavy atom. The molecule has 25 heavy (non-hydrogen) atoms. The van der Waals surface area contributed by atoms with E-state index in [-0.39, 0.29) is 0 Å². The predicted octanol–water partition coefficient (Wildman–Crippen LogP) is 1.08. The summed E-state index contributed by atoms with van der Waals surface area (Å²) in [6.45, 7) is 4.40. The molecule has 0 aromatic carbocycles. The van der Waals surface area contributed by atoms with Gasteiger partial charge < -0.3 is 15.5 Å². The molecule has 2 atom stereocenters. The summed E-state index contributed by atoms with van der Waals surface area (Å²) in [6, 6.07) is 0. The van der Waals surface area contributed by atoms with E-state index in [1.165, 1.54) is 19.3 Å². The van der Waals surface area contributed by atoms with Crippen molar-refractivity contribution < 1.29 is 9.59 Å². The summed E-state index contributed by atoms with van der Waals surface area (Å²) in [5.41, 5.74) is 0.604. The zero-order valence-corrected chi connectivity index (χ0v) is 14.6. The first-order valence-electron chi connectivity index (χ1n) is 9.52. The number of likely N-dealkylation sites (tertiary alicyclic amines) is 1. The third kappa shape index (κ3) is 4.03. The van der Waals surface area contributed by atoms with Gasteiger partial charge in [0.15, 0.2) is 0 Å². The van der Waals surface area contributed by atoms with Gasteiger partial charge in [-0.3, -0.25) is 14.3 Å². The Morgan fingerprint density at radius 2 is 2.12 bits per heavy atom. The van der Waals surface area contributed by atoms with Gasteiger partial charge in [0, 0.05) is 25.8 Å². The molecule has 1 saturated carbocycles. The van der Waals surface area contributed by atoms with Gasteiger partial charge in [0.25, 0.3) is 0 Å². The molecule has 4 rings (SSSR count). The predicted molar refractivity (Wildman–Crippen MR) is 93.9 cm³/mol. The average molecular weight is 345 g/mol. The molecule has 7 nitrogen and oxygen atoms in total. The monoisotopic (exact) mass is 345 g/mol. The number of carbonyl (C=O) groups is 2. The standard InChI is InChI=1S/C18H27N5O2/c24-17(21-16-9-20-23(12-16)10-13-3-4-13)18(25)22-7-1-2-15(11-22)14-5-6-19-8-14/h9,12-15,19H,1-8,10-11H2,(H,21,24). The molecule has 0 radical (unpaired) electrons. The molecule has 2 saturated heterocycles. The molecular formula is C18H27N5O2. The number of piperidine rings is 1. The third-order valence-electron chi connectivity index (χ3n) is 5.74. The van der Waals surface area contributed by atoms with Crippen molar-refractivity contribution in [2.45, 2.75) is 38.6 Å².